The molecule has 1 saturated heterocycles. The first-order chi connectivity index (χ1) is 12.9. The first-order valence-corrected chi connectivity index (χ1v) is 10.8. The van der Waals surface area contributed by atoms with E-state index in [1.54, 1.807) is 4.31 Å². The van der Waals surface area contributed by atoms with Gasteiger partial charge in [-0.15, -0.1) is 0 Å². The van der Waals surface area contributed by atoms with E-state index in [4.69, 9.17) is 0 Å². The van der Waals surface area contributed by atoms with Crippen LogP contribution in [0.5, 0.6) is 0 Å². The molecule has 3 rings (SSSR count). The van der Waals surface area contributed by atoms with Gasteiger partial charge in [0.25, 0.3) is 0 Å². The van der Waals surface area contributed by atoms with Crippen LogP contribution in [-0.2, 0) is 10.0 Å². The lowest BCUT2D eigenvalue weighted by molar-refractivity contribution is 0.204. The summed E-state index contributed by atoms with van der Waals surface area (Å²) in [7, 11) is -3.44. The Kier molecular flexibility index (Phi) is 6.15. The maximum Gasteiger partial charge on any atom is 0.243 e. The molecule has 144 valence electrons. The summed E-state index contributed by atoms with van der Waals surface area (Å²) in [6.07, 6.45) is 4.26. The van der Waals surface area contributed by atoms with Crippen molar-refractivity contribution in [3.63, 3.8) is 0 Å². The van der Waals surface area contributed by atoms with Crippen molar-refractivity contribution in [3.8, 4) is 0 Å². The molecule has 1 aliphatic heterocycles. The Hall–Kier alpha value is -1.95. The minimum Gasteiger partial charge on any atom is -0.297 e. The van der Waals surface area contributed by atoms with E-state index in [0.29, 0.717) is 18.0 Å². The highest BCUT2D eigenvalue weighted by Gasteiger charge is 2.30. The fourth-order valence-electron chi connectivity index (χ4n) is 3.76. The second-order valence-electron chi connectivity index (χ2n) is 7.25. The highest BCUT2D eigenvalue weighted by atomic mass is 32.2. The molecule has 4 nitrogen and oxygen atoms in total. The average molecular weight is 385 g/mol. The largest absolute Gasteiger partial charge is 0.297 e. The third kappa shape index (κ3) is 4.67. The molecule has 0 spiro atoms. The minimum absolute atomic E-state index is 0.477. The van der Waals surface area contributed by atoms with Crippen LogP contribution in [0.3, 0.4) is 0 Å². The summed E-state index contributed by atoms with van der Waals surface area (Å²) >= 11 is 0. The van der Waals surface area contributed by atoms with Crippen molar-refractivity contribution in [3.05, 3.63) is 70.8 Å². The zero-order chi connectivity index (χ0) is 19.4. The molecular formula is C22H28N2O2S. The van der Waals surface area contributed by atoms with Gasteiger partial charge in [-0.25, -0.2) is 8.42 Å². The molecule has 0 aliphatic carbocycles. The number of piperazine rings is 1. The van der Waals surface area contributed by atoms with Crippen LogP contribution in [0.15, 0.2) is 53.4 Å². The summed E-state index contributed by atoms with van der Waals surface area (Å²) in [6, 6.07) is 14.1. The SMILES string of the molecule is Cc1cc(C)c(S(=O)(=O)N2CCN(C/C=C/c3ccccc3)CC2)c(C)c1. The maximum absolute atomic E-state index is 13.1. The van der Waals surface area contributed by atoms with E-state index in [0.717, 1.165) is 36.3 Å². The molecule has 2 aromatic rings. The molecule has 1 heterocycles. The smallest absolute Gasteiger partial charge is 0.243 e. The van der Waals surface area contributed by atoms with Crippen molar-refractivity contribution in [2.24, 2.45) is 0 Å². The van der Waals surface area contributed by atoms with Crippen LogP contribution in [0.1, 0.15) is 22.3 Å². The molecule has 0 unspecified atom stereocenters. The van der Waals surface area contributed by atoms with E-state index in [9.17, 15) is 8.42 Å². The van der Waals surface area contributed by atoms with Crippen molar-refractivity contribution in [1.82, 2.24) is 9.21 Å². The molecule has 2 aromatic carbocycles. The van der Waals surface area contributed by atoms with Gasteiger partial charge >= 0.3 is 0 Å². The second-order valence-corrected chi connectivity index (χ2v) is 9.12. The van der Waals surface area contributed by atoms with Crippen LogP contribution in [0.25, 0.3) is 6.08 Å². The molecule has 0 atom stereocenters. The monoisotopic (exact) mass is 384 g/mol. The van der Waals surface area contributed by atoms with Gasteiger partial charge in [0.05, 0.1) is 4.90 Å². The van der Waals surface area contributed by atoms with Gasteiger partial charge in [0.15, 0.2) is 0 Å². The number of hydrogen-bond donors (Lipinski definition) is 0. The molecule has 1 fully saturated rings. The topological polar surface area (TPSA) is 40.6 Å². The van der Waals surface area contributed by atoms with Crippen LogP contribution in [-0.4, -0.2) is 50.3 Å². The summed E-state index contributed by atoms with van der Waals surface area (Å²) in [6.45, 7) is 9.19. The van der Waals surface area contributed by atoms with Gasteiger partial charge in [0, 0.05) is 32.7 Å². The van der Waals surface area contributed by atoms with Gasteiger partial charge in [-0.3, -0.25) is 4.90 Å². The van der Waals surface area contributed by atoms with E-state index in [1.807, 2.05) is 51.1 Å². The number of sulfonamides is 1. The Morgan fingerprint density at radius 3 is 2.11 bits per heavy atom. The molecule has 1 aliphatic rings. The van der Waals surface area contributed by atoms with Gasteiger partial charge < -0.3 is 0 Å². The van der Waals surface area contributed by atoms with Gasteiger partial charge in [0.1, 0.15) is 0 Å². The average Bonchev–Trinajstić information content (AvgIpc) is 2.62. The third-order valence-electron chi connectivity index (χ3n) is 5.01. The van der Waals surface area contributed by atoms with Crippen LogP contribution < -0.4 is 0 Å². The van der Waals surface area contributed by atoms with Gasteiger partial charge in [-0.05, 0) is 37.5 Å². The number of rotatable bonds is 5. The van der Waals surface area contributed by atoms with Gasteiger partial charge in [-0.1, -0.05) is 60.2 Å². The molecule has 5 heteroatoms. The molecule has 0 N–H and O–H groups in total. The highest BCUT2D eigenvalue weighted by molar-refractivity contribution is 7.89. The fourth-order valence-corrected chi connectivity index (χ4v) is 5.59. The third-order valence-corrected chi connectivity index (χ3v) is 7.21. The first kappa shape index (κ1) is 19.8. The zero-order valence-corrected chi connectivity index (χ0v) is 17.2. The summed E-state index contributed by atoms with van der Waals surface area (Å²) in [5, 5.41) is 0. The Labute approximate surface area is 163 Å². The molecule has 0 radical (unpaired) electrons. The Morgan fingerprint density at radius 1 is 0.926 bits per heavy atom. The quantitative estimate of drug-likeness (QED) is 0.790. The van der Waals surface area contributed by atoms with Crippen molar-refractivity contribution in [2.45, 2.75) is 25.7 Å². The lowest BCUT2D eigenvalue weighted by Crippen LogP contribution is -2.48. The predicted molar refractivity (Wildman–Crippen MR) is 111 cm³/mol. The fraction of sp³-hybridized carbons (Fsp3) is 0.364. The van der Waals surface area contributed by atoms with Crippen molar-refractivity contribution < 1.29 is 8.42 Å². The van der Waals surface area contributed by atoms with Crippen LogP contribution in [0.2, 0.25) is 0 Å². The summed E-state index contributed by atoms with van der Waals surface area (Å²) in [5.74, 6) is 0. The van der Waals surface area contributed by atoms with E-state index in [-0.39, 0.29) is 0 Å². The highest BCUT2D eigenvalue weighted by Crippen LogP contribution is 2.26. The van der Waals surface area contributed by atoms with Crippen molar-refractivity contribution in [1.29, 1.82) is 0 Å². The number of benzene rings is 2. The Balaban J connectivity index is 1.62. The van der Waals surface area contributed by atoms with Gasteiger partial charge in [0.2, 0.25) is 10.0 Å². The maximum atomic E-state index is 13.1. The second kappa shape index (κ2) is 8.38. The van der Waals surface area contributed by atoms with Crippen LogP contribution >= 0.6 is 0 Å². The van der Waals surface area contributed by atoms with Crippen molar-refractivity contribution in [2.75, 3.05) is 32.7 Å². The number of hydrogen-bond acceptors (Lipinski definition) is 3. The van der Waals surface area contributed by atoms with Gasteiger partial charge in [-0.2, -0.15) is 4.31 Å². The standard InChI is InChI=1S/C22H28N2O2S/c1-18-16-19(2)22(20(3)17-18)27(25,26)24-14-12-23(13-15-24)11-7-10-21-8-5-4-6-9-21/h4-10,16-17H,11-15H2,1-3H3/b10-7+. The lowest BCUT2D eigenvalue weighted by Gasteiger charge is -2.34. The molecule has 0 amide bonds. The number of aryl methyl sites for hydroxylation is 3. The van der Waals surface area contributed by atoms with E-state index >= 15 is 0 Å². The molecule has 0 bridgehead atoms. The number of nitrogens with zero attached hydrogens (tertiary/aromatic N) is 2. The van der Waals surface area contributed by atoms with Crippen molar-refractivity contribution >= 4 is 16.1 Å². The molecule has 0 aromatic heterocycles. The molecular weight excluding hydrogens is 356 g/mol. The van der Waals surface area contributed by atoms with Crippen LogP contribution in [0, 0.1) is 20.8 Å². The summed E-state index contributed by atoms with van der Waals surface area (Å²) in [4.78, 5) is 2.77. The van der Waals surface area contributed by atoms with Crippen LogP contribution in [0.4, 0.5) is 0 Å². The lowest BCUT2D eigenvalue weighted by atomic mass is 10.1. The zero-order valence-electron chi connectivity index (χ0n) is 16.4. The minimum atomic E-state index is -3.44. The molecule has 0 saturated carbocycles. The molecule has 27 heavy (non-hydrogen) atoms. The summed E-state index contributed by atoms with van der Waals surface area (Å²) < 4.78 is 27.9. The Morgan fingerprint density at radius 2 is 1.52 bits per heavy atom. The predicted octanol–water partition coefficient (Wildman–Crippen LogP) is 3.63. The summed E-state index contributed by atoms with van der Waals surface area (Å²) in [5.41, 5.74) is 3.95. The van der Waals surface area contributed by atoms with E-state index < -0.39 is 10.0 Å². The first-order valence-electron chi connectivity index (χ1n) is 9.40. The van der Waals surface area contributed by atoms with E-state index in [1.165, 1.54) is 5.56 Å². The Bertz CT molecular complexity index is 890. The normalized spacial score (nSPS) is 16.9. The van der Waals surface area contributed by atoms with E-state index in [2.05, 4.69) is 29.2 Å².